The van der Waals surface area contributed by atoms with Crippen LogP contribution in [0.5, 0.6) is 5.75 Å². The lowest BCUT2D eigenvalue weighted by Gasteiger charge is -2.08. The summed E-state index contributed by atoms with van der Waals surface area (Å²) in [5, 5.41) is 10.6. The third-order valence-corrected chi connectivity index (χ3v) is 3.38. The van der Waals surface area contributed by atoms with Crippen LogP contribution in [0, 0.1) is 10.1 Å². The molecule has 1 aromatic carbocycles. The number of nitrogens with one attached hydrogen (secondary N) is 1. The number of H-pyrrole nitrogens is 1. The quantitative estimate of drug-likeness (QED) is 0.481. The Kier molecular flexibility index (Phi) is 5.35. The molecule has 7 heteroatoms. The van der Waals surface area contributed by atoms with E-state index in [9.17, 15) is 14.9 Å². The van der Waals surface area contributed by atoms with Crippen molar-refractivity contribution in [3.8, 4) is 16.9 Å². The first-order valence-electron chi connectivity index (χ1n) is 7.20. The molecule has 0 bridgehead atoms. The Labute approximate surface area is 133 Å². The Hall–Kier alpha value is -2.83. The summed E-state index contributed by atoms with van der Waals surface area (Å²) in [5.41, 5.74) is 2.41. The highest BCUT2D eigenvalue weighted by Crippen LogP contribution is 2.30. The predicted octanol–water partition coefficient (Wildman–Crippen LogP) is 2.69. The average molecular weight is 318 g/mol. The molecule has 0 fully saturated rings. The molecule has 0 spiro atoms. The molecule has 7 nitrogen and oxygen atoms in total. The number of benzene rings is 1. The number of esters is 1. The number of carbonyl (C=O) groups excluding carboxylic acids is 1. The molecule has 2 aromatic rings. The summed E-state index contributed by atoms with van der Waals surface area (Å²) >= 11 is 0. The fraction of sp³-hybridized carbons (Fsp3) is 0.312. The van der Waals surface area contributed by atoms with Gasteiger partial charge >= 0.3 is 5.97 Å². The van der Waals surface area contributed by atoms with Gasteiger partial charge in [-0.15, -0.1) is 0 Å². The number of hydrogen-bond donors (Lipinski definition) is 1. The lowest BCUT2D eigenvalue weighted by molar-refractivity contribution is -0.479. The summed E-state index contributed by atoms with van der Waals surface area (Å²) in [6.07, 6.45) is 1.74. The van der Waals surface area contributed by atoms with Crippen LogP contribution in [0.15, 0.2) is 30.5 Å². The predicted molar refractivity (Wildman–Crippen MR) is 84.3 cm³/mol. The van der Waals surface area contributed by atoms with Crippen molar-refractivity contribution in [2.75, 3.05) is 20.3 Å². The molecule has 2 rings (SSSR count). The lowest BCUT2D eigenvalue weighted by Crippen LogP contribution is -2.07. The number of nitro groups is 1. The van der Waals surface area contributed by atoms with Gasteiger partial charge in [-0.05, 0) is 24.6 Å². The molecule has 0 atom stereocenters. The van der Waals surface area contributed by atoms with Crippen LogP contribution in [0.4, 0.5) is 0 Å². The molecule has 122 valence electrons. The second kappa shape index (κ2) is 7.44. The molecule has 0 saturated heterocycles. The SMILES string of the molecule is CCOC(=O)c1c[nH]c(CC[N+](=O)[O-])c1-c1ccc(OC)cc1. The number of rotatable bonds is 7. The second-order valence-corrected chi connectivity index (χ2v) is 4.81. The number of methoxy groups -OCH3 is 1. The normalized spacial score (nSPS) is 10.3. The minimum atomic E-state index is -0.457. The number of aromatic amines is 1. The molecule has 0 radical (unpaired) electrons. The zero-order valence-electron chi connectivity index (χ0n) is 13.0. The molecule has 0 amide bonds. The number of ether oxygens (including phenoxy) is 2. The first-order valence-corrected chi connectivity index (χ1v) is 7.20. The van der Waals surface area contributed by atoms with E-state index in [0.29, 0.717) is 22.6 Å². The Morgan fingerprint density at radius 1 is 1.30 bits per heavy atom. The van der Waals surface area contributed by atoms with Gasteiger partial charge < -0.3 is 14.5 Å². The Bertz CT molecular complexity index is 691. The van der Waals surface area contributed by atoms with E-state index in [0.717, 1.165) is 5.56 Å². The zero-order chi connectivity index (χ0) is 16.8. The summed E-state index contributed by atoms with van der Waals surface area (Å²) in [6, 6.07) is 7.16. The van der Waals surface area contributed by atoms with Gasteiger partial charge in [0.25, 0.3) is 0 Å². The van der Waals surface area contributed by atoms with Crippen molar-refractivity contribution in [2.45, 2.75) is 13.3 Å². The van der Waals surface area contributed by atoms with Gasteiger partial charge in [0, 0.05) is 22.4 Å². The standard InChI is InChI=1S/C16H18N2O5/c1-3-23-16(19)13-10-17-14(8-9-18(20)21)15(13)11-4-6-12(22-2)7-5-11/h4-7,10,17H,3,8-9H2,1-2H3. The van der Waals surface area contributed by atoms with Crippen LogP contribution >= 0.6 is 0 Å². The van der Waals surface area contributed by atoms with E-state index < -0.39 is 5.97 Å². The van der Waals surface area contributed by atoms with Crippen molar-refractivity contribution in [1.82, 2.24) is 4.98 Å². The van der Waals surface area contributed by atoms with Crippen molar-refractivity contribution in [3.63, 3.8) is 0 Å². The van der Waals surface area contributed by atoms with Crippen LogP contribution in [0.25, 0.3) is 11.1 Å². The molecular formula is C16H18N2O5. The molecule has 0 saturated carbocycles. The smallest absolute Gasteiger partial charge is 0.340 e. The van der Waals surface area contributed by atoms with Gasteiger partial charge in [-0.25, -0.2) is 4.79 Å². The van der Waals surface area contributed by atoms with Gasteiger partial charge in [0.1, 0.15) is 5.75 Å². The van der Waals surface area contributed by atoms with Crippen molar-refractivity contribution in [1.29, 1.82) is 0 Å². The van der Waals surface area contributed by atoms with Crippen molar-refractivity contribution < 1.29 is 19.2 Å². The molecule has 0 aliphatic heterocycles. The maximum absolute atomic E-state index is 12.1. The third kappa shape index (κ3) is 3.88. The van der Waals surface area contributed by atoms with Gasteiger partial charge in [0.15, 0.2) is 0 Å². The van der Waals surface area contributed by atoms with Gasteiger partial charge in [-0.2, -0.15) is 0 Å². The lowest BCUT2D eigenvalue weighted by atomic mass is 10.00. The second-order valence-electron chi connectivity index (χ2n) is 4.81. The Morgan fingerprint density at radius 2 is 2.00 bits per heavy atom. The maximum Gasteiger partial charge on any atom is 0.340 e. The topological polar surface area (TPSA) is 94.5 Å². The number of nitrogens with zero attached hydrogens (tertiary/aromatic N) is 1. The molecule has 1 heterocycles. The van der Waals surface area contributed by atoms with Crippen LogP contribution in [0.3, 0.4) is 0 Å². The number of aromatic nitrogens is 1. The fourth-order valence-electron chi connectivity index (χ4n) is 2.32. The molecule has 1 aromatic heterocycles. The fourth-order valence-corrected chi connectivity index (χ4v) is 2.32. The van der Waals surface area contributed by atoms with Crippen LogP contribution in [-0.4, -0.2) is 36.1 Å². The molecule has 0 aliphatic carbocycles. The minimum Gasteiger partial charge on any atom is -0.497 e. The Morgan fingerprint density at radius 3 is 2.57 bits per heavy atom. The third-order valence-electron chi connectivity index (χ3n) is 3.38. The zero-order valence-corrected chi connectivity index (χ0v) is 13.0. The number of carbonyl (C=O) groups is 1. The van der Waals surface area contributed by atoms with Crippen molar-refractivity contribution >= 4 is 5.97 Å². The van der Waals surface area contributed by atoms with E-state index in [1.165, 1.54) is 6.20 Å². The van der Waals surface area contributed by atoms with E-state index >= 15 is 0 Å². The van der Waals surface area contributed by atoms with Crippen molar-refractivity contribution in [3.05, 3.63) is 51.8 Å². The van der Waals surface area contributed by atoms with E-state index in [4.69, 9.17) is 9.47 Å². The molecule has 0 unspecified atom stereocenters. The van der Waals surface area contributed by atoms with E-state index in [1.807, 2.05) is 0 Å². The molecule has 23 heavy (non-hydrogen) atoms. The van der Waals surface area contributed by atoms with E-state index in [1.54, 1.807) is 38.3 Å². The summed E-state index contributed by atoms with van der Waals surface area (Å²) in [7, 11) is 1.57. The number of hydrogen-bond acceptors (Lipinski definition) is 5. The van der Waals surface area contributed by atoms with E-state index in [-0.39, 0.29) is 24.5 Å². The highest BCUT2D eigenvalue weighted by molar-refractivity contribution is 5.98. The largest absolute Gasteiger partial charge is 0.497 e. The first kappa shape index (κ1) is 16.5. The van der Waals surface area contributed by atoms with Gasteiger partial charge in [-0.1, -0.05) is 12.1 Å². The summed E-state index contributed by atoms with van der Waals surface area (Å²) < 4.78 is 10.2. The van der Waals surface area contributed by atoms with Crippen LogP contribution in [0.1, 0.15) is 23.0 Å². The van der Waals surface area contributed by atoms with Gasteiger partial charge in [-0.3, -0.25) is 10.1 Å². The monoisotopic (exact) mass is 318 g/mol. The van der Waals surface area contributed by atoms with E-state index in [2.05, 4.69) is 4.98 Å². The minimum absolute atomic E-state index is 0.202. The van der Waals surface area contributed by atoms with Gasteiger partial charge in [0.2, 0.25) is 6.54 Å². The van der Waals surface area contributed by atoms with Crippen LogP contribution in [-0.2, 0) is 11.2 Å². The highest BCUT2D eigenvalue weighted by Gasteiger charge is 2.20. The van der Waals surface area contributed by atoms with Gasteiger partial charge in [0.05, 0.1) is 25.7 Å². The summed E-state index contributed by atoms with van der Waals surface area (Å²) in [4.78, 5) is 25.3. The summed E-state index contributed by atoms with van der Waals surface area (Å²) in [5.74, 6) is 0.232. The Balaban J connectivity index is 2.43. The molecular weight excluding hydrogens is 300 g/mol. The van der Waals surface area contributed by atoms with Crippen molar-refractivity contribution in [2.24, 2.45) is 0 Å². The molecule has 1 N–H and O–H groups in total. The molecule has 0 aliphatic rings. The summed E-state index contributed by atoms with van der Waals surface area (Å²) in [6.45, 7) is 1.77. The first-order chi connectivity index (χ1) is 11.1. The highest BCUT2D eigenvalue weighted by atomic mass is 16.6. The average Bonchev–Trinajstić information content (AvgIpc) is 2.97. The van der Waals surface area contributed by atoms with Crippen LogP contribution < -0.4 is 4.74 Å². The maximum atomic E-state index is 12.1. The van der Waals surface area contributed by atoms with Crippen LogP contribution in [0.2, 0.25) is 0 Å².